The van der Waals surface area contributed by atoms with E-state index in [1.165, 1.54) is 24.0 Å². The number of rotatable bonds is 11. The van der Waals surface area contributed by atoms with Crippen molar-refractivity contribution < 1.29 is 17.9 Å². The third kappa shape index (κ3) is 8.49. The lowest BCUT2D eigenvalue weighted by molar-refractivity contribution is -0.116. The maximum Gasteiger partial charge on any atom is 0.229 e. The number of carbonyl (C=O) groups excluding carboxylic acids is 1. The molecule has 2 aliphatic rings. The second-order valence-electron chi connectivity index (χ2n) is 15.4. The van der Waals surface area contributed by atoms with E-state index >= 15 is 0 Å². The highest BCUT2D eigenvalue weighted by molar-refractivity contribution is 7.92. The van der Waals surface area contributed by atoms with Gasteiger partial charge in [0, 0.05) is 18.2 Å². The monoisotopic (exact) mass is 700 g/mol. The van der Waals surface area contributed by atoms with Gasteiger partial charge in [0.1, 0.15) is 11.9 Å². The summed E-state index contributed by atoms with van der Waals surface area (Å²) >= 11 is 0. The number of sulfonamides is 1. The average Bonchev–Trinajstić information content (AvgIpc) is 3.47. The average molecular weight is 701 g/mol. The highest BCUT2D eigenvalue weighted by Gasteiger charge is 2.31. The van der Waals surface area contributed by atoms with Gasteiger partial charge in [-0.25, -0.2) is 8.42 Å². The number of ether oxygens (including phenoxy) is 1. The Morgan fingerprint density at radius 3 is 2.48 bits per heavy atom. The van der Waals surface area contributed by atoms with Gasteiger partial charge >= 0.3 is 0 Å². The lowest BCUT2D eigenvalue weighted by Gasteiger charge is -2.37. The van der Waals surface area contributed by atoms with E-state index in [-0.39, 0.29) is 23.5 Å². The normalized spacial score (nSPS) is 20.1. The molecule has 1 aliphatic heterocycles. The largest absolute Gasteiger partial charge is 0.484 e. The first-order valence-corrected chi connectivity index (χ1v) is 19.9. The Balaban J connectivity index is 1.10. The fourth-order valence-corrected chi connectivity index (χ4v) is 8.15. The molecule has 0 unspecified atom stereocenters. The summed E-state index contributed by atoms with van der Waals surface area (Å²) < 4.78 is 35.2. The summed E-state index contributed by atoms with van der Waals surface area (Å²) in [6.45, 7) is 11.8. The number of nitrogens with one attached hydrogen (secondary N) is 2. The molecule has 0 spiro atoms. The zero-order valence-corrected chi connectivity index (χ0v) is 31.1. The van der Waals surface area contributed by atoms with Crippen LogP contribution >= 0.6 is 0 Å². The molecule has 0 radical (unpaired) electrons. The second kappa shape index (κ2) is 14.7. The van der Waals surface area contributed by atoms with E-state index in [1.54, 1.807) is 6.07 Å². The van der Waals surface area contributed by atoms with Gasteiger partial charge < -0.3 is 10.1 Å². The lowest BCUT2D eigenvalue weighted by atomic mass is 9.79. The van der Waals surface area contributed by atoms with Gasteiger partial charge in [0.25, 0.3) is 0 Å². The minimum absolute atomic E-state index is 0.0604. The van der Waals surface area contributed by atoms with Crippen LogP contribution in [0.4, 0.5) is 11.4 Å². The van der Waals surface area contributed by atoms with Crippen LogP contribution < -0.4 is 14.8 Å². The van der Waals surface area contributed by atoms with Crippen LogP contribution in [0.2, 0.25) is 0 Å². The lowest BCUT2D eigenvalue weighted by Crippen LogP contribution is -2.39. The van der Waals surface area contributed by atoms with Crippen molar-refractivity contribution in [3.8, 4) is 5.75 Å². The van der Waals surface area contributed by atoms with Gasteiger partial charge in [0.2, 0.25) is 15.9 Å². The molecule has 4 aromatic rings. The summed E-state index contributed by atoms with van der Waals surface area (Å²) in [4.78, 5) is 15.6. The van der Waals surface area contributed by atoms with Crippen LogP contribution in [0.25, 0.3) is 5.65 Å². The van der Waals surface area contributed by atoms with Gasteiger partial charge in [-0.05, 0) is 117 Å². The molecule has 268 valence electrons. The maximum atomic E-state index is 13.1. The van der Waals surface area contributed by atoms with E-state index in [4.69, 9.17) is 4.74 Å². The summed E-state index contributed by atoms with van der Waals surface area (Å²) in [5.74, 6) is 2.06. The van der Waals surface area contributed by atoms with Gasteiger partial charge in [-0.15, -0.1) is 10.2 Å². The number of fused-ring (bicyclic) bond motifs is 2. The number of piperidine rings is 1. The van der Waals surface area contributed by atoms with Gasteiger partial charge in [0.05, 0.1) is 24.2 Å². The third-order valence-corrected chi connectivity index (χ3v) is 10.7. The summed E-state index contributed by atoms with van der Waals surface area (Å²) in [7, 11) is -3.45. The van der Waals surface area contributed by atoms with Crippen molar-refractivity contribution in [3.05, 3.63) is 83.3 Å². The Morgan fingerprint density at radius 2 is 1.74 bits per heavy atom. The second-order valence-corrected chi connectivity index (χ2v) is 17.1. The Kier molecular flexibility index (Phi) is 10.6. The zero-order chi connectivity index (χ0) is 35.6. The molecule has 3 heterocycles. The van der Waals surface area contributed by atoms with Crippen LogP contribution in [-0.2, 0) is 20.2 Å². The molecule has 2 aromatic carbocycles. The minimum atomic E-state index is -3.45. The van der Waals surface area contributed by atoms with Gasteiger partial charge in [-0.2, -0.15) is 0 Å². The molecule has 1 saturated heterocycles. The summed E-state index contributed by atoms with van der Waals surface area (Å²) in [6, 6.07) is 18.6. The molecule has 10 nitrogen and oxygen atoms in total. The van der Waals surface area contributed by atoms with E-state index in [2.05, 4.69) is 94.6 Å². The van der Waals surface area contributed by atoms with Crippen molar-refractivity contribution >= 4 is 33.0 Å². The summed E-state index contributed by atoms with van der Waals surface area (Å²) in [5.41, 5.74) is 5.07. The number of hydrogen-bond acceptors (Lipinski definition) is 7. The van der Waals surface area contributed by atoms with Crippen molar-refractivity contribution in [2.24, 2.45) is 0 Å². The van der Waals surface area contributed by atoms with Crippen molar-refractivity contribution in [1.82, 2.24) is 19.5 Å². The SMILES string of the molecule is CC(C)N1CCCC[C@H]1c1nnc2ccc(O[C@@H]3CC[C@H](CCCC(=O)Nc4cc(NS(C)(=O)=O)cc(C(C)(C)C)c4)c4ccccc43)cn12. The minimum Gasteiger partial charge on any atom is -0.484 e. The Labute approximate surface area is 297 Å². The first-order chi connectivity index (χ1) is 23.7. The van der Waals surface area contributed by atoms with E-state index in [0.717, 1.165) is 67.7 Å². The van der Waals surface area contributed by atoms with E-state index in [0.29, 0.717) is 29.8 Å². The van der Waals surface area contributed by atoms with Crippen LogP contribution in [-0.4, -0.2) is 52.7 Å². The smallest absolute Gasteiger partial charge is 0.229 e. The van der Waals surface area contributed by atoms with Crippen LogP contribution in [0.3, 0.4) is 0 Å². The quantitative estimate of drug-likeness (QED) is 0.162. The van der Waals surface area contributed by atoms with E-state index < -0.39 is 10.0 Å². The van der Waals surface area contributed by atoms with Gasteiger partial charge in [-0.3, -0.25) is 18.8 Å². The molecule has 6 rings (SSSR count). The number of pyridine rings is 1. The molecule has 0 bridgehead atoms. The van der Waals surface area contributed by atoms with Crippen molar-refractivity contribution in [3.63, 3.8) is 0 Å². The van der Waals surface area contributed by atoms with E-state index in [9.17, 15) is 13.2 Å². The Morgan fingerprint density at radius 1 is 0.980 bits per heavy atom. The fourth-order valence-electron chi connectivity index (χ4n) is 7.60. The maximum absolute atomic E-state index is 13.1. The van der Waals surface area contributed by atoms with Gasteiger partial charge in [-0.1, -0.05) is 51.5 Å². The van der Waals surface area contributed by atoms with Crippen LogP contribution in [0, 0.1) is 0 Å². The number of anilines is 2. The van der Waals surface area contributed by atoms with Gasteiger partial charge in [0.15, 0.2) is 11.5 Å². The molecule has 0 saturated carbocycles. The summed E-state index contributed by atoms with van der Waals surface area (Å²) in [5, 5.41) is 12.1. The molecule has 1 fully saturated rings. The molecule has 1 amide bonds. The molecule has 11 heteroatoms. The third-order valence-electron chi connectivity index (χ3n) is 10.1. The van der Waals surface area contributed by atoms with Crippen molar-refractivity contribution in [1.29, 1.82) is 0 Å². The summed E-state index contributed by atoms with van der Waals surface area (Å²) in [6.07, 6.45) is 10.5. The predicted molar refractivity (Wildman–Crippen MR) is 199 cm³/mol. The molecule has 3 atom stereocenters. The van der Waals surface area contributed by atoms with Crippen molar-refractivity contribution in [2.45, 2.75) is 116 Å². The molecule has 2 N–H and O–H groups in total. The molecule has 50 heavy (non-hydrogen) atoms. The number of aromatic nitrogens is 3. The number of likely N-dealkylation sites (tertiary alicyclic amines) is 1. The van der Waals surface area contributed by atoms with Crippen molar-refractivity contribution in [2.75, 3.05) is 22.8 Å². The number of benzene rings is 2. The standard InChI is InChI=1S/C39H52N6O4S/c1-26(2)44-21-10-9-15-34(44)38-42-41-36-20-18-31(25-45(36)38)49-35-19-17-27(32-13-7-8-14-33(32)35)12-11-16-37(46)40-29-22-28(39(3,4)5)23-30(24-29)43-50(6,47)48/h7-8,13-14,18,20,22-27,34-35,43H,9-12,15-17,19,21H2,1-6H3,(H,40,46)/t27-,34-,35+/m0/s1. The first-order valence-electron chi connectivity index (χ1n) is 18.0. The number of hydrogen-bond donors (Lipinski definition) is 2. The first kappa shape index (κ1) is 35.9. The Bertz CT molecular complexity index is 1930. The van der Waals surface area contributed by atoms with Crippen LogP contribution in [0.1, 0.15) is 127 Å². The number of carbonyl (C=O) groups is 1. The molecular formula is C39H52N6O4S. The predicted octanol–water partition coefficient (Wildman–Crippen LogP) is 8.14. The highest BCUT2D eigenvalue weighted by atomic mass is 32.2. The fraction of sp³-hybridized carbons (Fsp3) is 0.513. The van der Waals surface area contributed by atoms with Crippen LogP contribution in [0.15, 0.2) is 60.8 Å². The highest BCUT2D eigenvalue weighted by Crippen LogP contribution is 2.42. The molecular weight excluding hydrogens is 649 g/mol. The topological polar surface area (TPSA) is 118 Å². The Hall–Kier alpha value is -3.96. The number of amides is 1. The molecule has 1 aliphatic carbocycles. The zero-order valence-electron chi connectivity index (χ0n) is 30.3. The molecule has 2 aromatic heterocycles. The number of nitrogens with zero attached hydrogens (tertiary/aromatic N) is 4. The van der Waals surface area contributed by atoms with E-state index in [1.807, 2.05) is 24.3 Å². The van der Waals surface area contributed by atoms with Crippen LogP contribution in [0.5, 0.6) is 5.75 Å².